The summed E-state index contributed by atoms with van der Waals surface area (Å²) in [4.78, 5) is 24.3. The average Bonchev–Trinajstić information content (AvgIpc) is 3.24. The number of benzene rings is 2. The molecular weight excluding hydrogens is 494 g/mol. The summed E-state index contributed by atoms with van der Waals surface area (Å²) in [5.74, 6) is 0.611. The summed E-state index contributed by atoms with van der Waals surface area (Å²) in [6.45, 7) is 3.89. The molecule has 0 unspecified atom stereocenters. The van der Waals surface area contributed by atoms with Crippen LogP contribution in [0.5, 0.6) is 0 Å². The van der Waals surface area contributed by atoms with Gasteiger partial charge in [0.2, 0.25) is 5.96 Å². The molecule has 30 heavy (non-hydrogen) atoms. The molecule has 0 saturated carbocycles. The van der Waals surface area contributed by atoms with Crippen LogP contribution in [0.2, 0.25) is 0 Å². The van der Waals surface area contributed by atoms with Gasteiger partial charge in [-0.25, -0.2) is 4.39 Å². The molecule has 0 bridgehead atoms. The first kappa shape index (κ1) is 19.7. The van der Waals surface area contributed by atoms with Gasteiger partial charge in [0.1, 0.15) is 5.82 Å². The summed E-state index contributed by atoms with van der Waals surface area (Å²) in [5, 5.41) is 0. The first-order valence-corrected chi connectivity index (χ1v) is 11.2. The molecule has 1 amide bonds. The first-order valence-electron chi connectivity index (χ1n) is 10.2. The van der Waals surface area contributed by atoms with Crippen LogP contribution in [0.25, 0.3) is 0 Å². The van der Waals surface area contributed by atoms with Crippen molar-refractivity contribution in [2.24, 2.45) is 4.99 Å². The smallest absolute Gasteiger partial charge is 0.259 e. The number of carbonyl (C=O) groups excluding carboxylic acids is 1. The Balaban J connectivity index is 1.40. The van der Waals surface area contributed by atoms with E-state index in [1.54, 1.807) is 11.0 Å². The number of hydrogen-bond donors (Lipinski definition) is 0. The van der Waals surface area contributed by atoms with Gasteiger partial charge in [0.05, 0.1) is 18.7 Å². The van der Waals surface area contributed by atoms with Crippen LogP contribution in [0.15, 0.2) is 64.8 Å². The van der Waals surface area contributed by atoms with Crippen LogP contribution in [0.1, 0.15) is 17.5 Å². The van der Waals surface area contributed by atoms with E-state index in [9.17, 15) is 9.18 Å². The number of hydrogen-bond acceptors (Lipinski definition) is 4. The molecule has 7 heteroatoms. The molecule has 0 fully saturated rings. The third-order valence-corrected chi connectivity index (χ3v) is 6.61. The predicted octanol–water partition coefficient (Wildman–Crippen LogP) is 3.60. The van der Waals surface area contributed by atoms with Crippen molar-refractivity contribution in [2.45, 2.75) is 19.5 Å². The lowest BCUT2D eigenvalue weighted by Crippen LogP contribution is -2.53. The molecule has 0 saturated heterocycles. The van der Waals surface area contributed by atoms with Crippen molar-refractivity contribution in [1.82, 2.24) is 14.7 Å². The fourth-order valence-corrected chi connectivity index (χ4v) is 4.75. The van der Waals surface area contributed by atoms with Crippen LogP contribution >= 0.6 is 22.6 Å². The Morgan fingerprint density at radius 3 is 2.63 bits per heavy atom. The SMILES string of the molecule is O=C1C2=C(CCN(Cc3ccccc3F)C2)N2CCN=C2N1Cc1ccc(I)cc1. The summed E-state index contributed by atoms with van der Waals surface area (Å²) in [6.07, 6.45) is 0.784. The van der Waals surface area contributed by atoms with E-state index in [0.29, 0.717) is 31.7 Å². The Kier molecular flexibility index (Phi) is 5.32. The van der Waals surface area contributed by atoms with Crippen LogP contribution < -0.4 is 0 Å². The zero-order valence-electron chi connectivity index (χ0n) is 16.5. The van der Waals surface area contributed by atoms with E-state index in [2.05, 4.69) is 61.6 Å². The van der Waals surface area contributed by atoms with Crippen LogP contribution in [0.3, 0.4) is 0 Å². The van der Waals surface area contributed by atoms with Gasteiger partial charge in [-0.3, -0.25) is 19.6 Å². The molecule has 2 aromatic carbocycles. The highest BCUT2D eigenvalue weighted by Crippen LogP contribution is 2.32. The Hall–Kier alpha value is -2.26. The van der Waals surface area contributed by atoms with Crippen molar-refractivity contribution in [3.63, 3.8) is 0 Å². The highest BCUT2D eigenvalue weighted by molar-refractivity contribution is 14.1. The van der Waals surface area contributed by atoms with Crippen molar-refractivity contribution in [3.05, 3.63) is 80.3 Å². The van der Waals surface area contributed by atoms with Crippen molar-refractivity contribution in [2.75, 3.05) is 26.2 Å². The van der Waals surface area contributed by atoms with Gasteiger partial charge >= 0.3 is 0 Å². The second-order valence-electron chi connectivity index (χ2n) is 7.83. The summed E-state index contributed by atoms with van der Waals surface area (Å²) >= 11 is 2.28. The molecule has 3 aliphatic heterocycles. The Bertz CT molecular complexity index is 1050. The predicted molar refractivity (Wildman–Crippen MR) is 122 cm³/mol. The topological polar surface area (TPSA) is 39.2 Å². The number of nitrogens with zero attached hydrogens (tertiary/aromatic N) is 4. The van der Waals surface area contributed by atoms with Gasteiger partial charge in [-0.2, -0.15) is 0 Å². The molecule has 154 valence electrons. The van der Waals surface area contributed by atoms with Gasteiger partial charge < -0.3 is 4.90 Å². The summed E-state index contributed by atoms with van der Waals surface area (Å²) in [5.41, 5.74) is 3.68. The zero-order chi connectivity index (χ0) is 20.7. The third kappa shape index (κ3) is 3.65. The van der Waals surface area contributed by atoms with E-state index in [1.165, 1.54) is 9.64 Å². The number of guanidine groups is 1. The average molecular weight is 516 g/mol. The Labute approximate surface area is 189 Å². The van der Waals surface area contributed by atoms with Crippen LogP contribution in [-0.2, 0) is 17.9 Å². The molecule has 2 aromatic rings. The molecule has 5 rings (SSSR count). The van der Waals surface area contributed by atoms with E-state index in [1.807, 2.05) is 12.1 Å². The molecule has 3 aliphatic rings. The summed E-state index contributed by atoms with van der Waals surface area (Å²) in [7, 11) is 0. The van der Waals surface area contributed by atoms with Crippen molar-refractivity contribution >= 4 is 34.5 Å². The number of halogens is 2. The number of carbonyl (C=O) groups is 1. The number of rotatable bonds is 4. The van der Waals surface area contributed by atoms with Gasteiger partial charge in [-0.15, -0.1) is 0 Å². The second kappa shape index (κ2) is 8.11. The largest absolute Gasteiger partial charge is 0.314 e. The monoisotopic (exact) mass is 516 g/mol. The number of fused-ring (bicyclic) bond motifs is 2. The molecule has 0 aliphatic carbocycles. The number of aliphatic imine (C=N–C) groups is 1. The maximum absolute atomic E-state index is 14.1. The fourth-order valence-electron chi connectivity index (χ4n) is 4.39. The van der Waals surface area contributed by atoms with Crippen molar-refractivity contribution < 1.29 is 9.18 Å². The minimum Gasteiger partial charge on any atom is -0.314 e. The maximum atomic E-state index is 14.1. The lowest BCUT2D eigenvalue weighted by molar-refractivity contribution is -0.125. The van der Waals surface area contributed by atoms with Gasteiger partial charge in [0, 0.05) is 47.4 Å². The molecule has 0 N–H and O–H groups in total. The van der Waals surface area contributed by atoms with Gasteiger partial charge in [0.25, 0.3) is 5.91 Å². The lowest BCUT2D eigenvalue weighted by atomic mass is 10.00. The van der Waals surface area contributed by atoms with Gasteiger partial charge in [0.15, 0.2) is 0 Å². The van der Waals surface area contributed by atoms with Crippen LogP contribution in [0, 0.1) is 9.39 Å². The zero-order valence-corrected chi connectivity index (χ0v) is 18.7. The van der Waals surface area contributed by atoms with Gasteiger partial charge in [-0.1, -0.05) is 30.3 Å². The van der Waals surface area contributed by atoms with Crippen molar-refractivity contribution in [3.8, 4) is 0 Å². The van der Waals surface area contributed by atoms with E-state index < -0.39 is 0 Å². The Morgan fingerprint density at radius 1 is 1.03 bits per heavy atom. The third-order valence-electron chi connectivity index (χ3n) is 5.89. The number of amides is 1. The molecule has 3 heterocycles. The van der Waals surface area contributed by atoms with E-state index in [4.69, 9.17) is 0 Å². The molecule has 0 spiro atoms. The van der Waals surface area contributed by atoms with Crippen LogP contribution in [0.4, 0.5) is 4.39 Å². The molecule has 0 aromatic heterocycles. The maximum Gasteiger partial charge on any atom is 0.259 e. The standard InChI is InChI=1S/C23H22FIN4O/c24-20-4-2-1-3-17(20)14-27-11-9-21-19(15-27)22(30)29(23-26-10-12-28(21)23)13-16-5-7-18(25)8-6-16/h1-8H,9-15H2. The lowest BCUT2D eigenvalue weighted by Gasteiger charge is -2.42. The first-order chi connectivity index (χ1) is 14.6. The fraction of sp³-hybridized carbons (Fsp3) is 0.304. The second-order valence-corrected chi connectivity index (χ2v) is 9.07. The highest BCUT2D eigenvalue weighted by Gasteiger charge is 2.40. The summed E-state index contributed by atoms with van der Waals surface area (Å²) < 4.78 is 15.3. The van der Waals surface area contributed by atoms with Crippen molar-refractivity contribution in [1.29, 1.82) is 0 Å². The van der Waals surface area contributed by atoms with Crippen LogP contribution in [-0.4, -0.2) is 52.7 Å². The summed E-state index contributed by atoms with van der Waals surface area (Å²) in [6, 6.07) is 15.1. The normalized spacial score (nSPS) is 19.1. The highest BCUT2D eigenvalue weighted by atomic mass is 127. The van der Waals surface area contributed by atoms with Gasteiger partial charge in [-0.05, 0) is 46.4 Å². The van der Waals surface area contributed by atoms with E-state index >= 15 is 0 Å². The van der Waals surface area contributed by atoms with E-state index in [-0.39, 0.29) is 11.7 Å². The minimum absolute atomic E-state index is 0.0266. The molecule has 0 radical (unpaired) electrons. The quantitative estimate of drug-likeness (QED) is 0.584. The van der Waals surface area contributed by atoms with E-state index in [0.717, 1.165) is 42.3 Å². The molecule has 5 nitrogen and oxygen atoms in total. The molecule has 0 atom stereocenters. The minimum atomic E-state index is -0.193. The Morgan fingerprint density at radius 2 is 1.83 bits per heavy atom. The molecular formula is C23H22FIN4O.